The van der Waals surface area contributed by atoms with Crippen molar-refractivity contribution in [2.24, 2.45) is 33.7 Å². The van der Waals surface area contributed by atoms with Gasteiger partial charge in [0.1, 0.15) is 18.1 Å². The van der Waals surface area contributed by atoms with Gasteiger partial charge in [-0.3, -0.25) is 24.2 Å². The number of carboxylic acids is 1. The molecule has 0 saturated heterocycles. The number of carboxylic acid groups (broad SMARTS) is 1. The van der Waals surface area contributed by atoms with Crippen LogP contribution in [-0.4, -0.2) is 89.9 Å². The summed E-state index contributed by atoms with van der Waals surface area (Å²) in [5.74, 6) is -4.00. The predicted molar refractivity (Wildman–Crippen MR) is 141 cm³/mol. The van der Waals surface area contributed by atoms with Crippen molar-refractivity contribution in [3.8, 4) is 0 Å². The van der Waals surface area contributed by atoms with Gasteiger partial charge in [-0.15, -0.1) is 0 Å². The maximum absolute atomic E-state index is 13.0. The van der Waals surface area contributed by atoms with Gasteiger partial charge in [0.05, 0.1) is 12.5 Å². The number of unbranched alkanes of at least 4 members (excludes halogenated alkanes) is 1. The molecule has 0 aliphatic heterocycles. The van der Waals surface area contributed by atoms with Crippen LogP contribution in [-0.2, 0) is 24.0 Å². The van der Waals surface area contributed by atoms with Crippen molar-refractivity contribution in [1.82, 2.24) is 16.0 Å². The molecule has 0 aliphatic rings. The Hall–Kier alpha value is -3.11. The maximum Gasteiger partial charge on any atom is 0.326 e. The molecule has 16 heteroatoms. The number of rotatable bonds is 20. The van der Waals surface area contributed by atoms with Crippen molar-refractivity contribution >= 4 is 47.3 Å². The summed E-state index contributed by atoms with van der Waals surface area (Å²) < 4.78 is 0. The molecule has 4 amide bonds. The molecule has 15 nitrogen and oxygen atoms in total. The van der Waals surface area contributed by atoms with E-state index in [0.29, 0.717) is 31.6 Å². The van der Waals surface area contributed by atoms with Crippen molar-refractivity contribution < 1.29 is 29.1 Å². The number of guanidine groups is 1. The molecule has 0 saturated carbocycles. The third-order valence-corrected chi connectivity index (χ3v) is 5.79. The Morgan fingerprint density at radius 3 is 1.97 bits per heavy atom. The number of primary amides is 1. The highest BCUT2D eigenvalue weighted by atomic mass is 32.2. The molecule has 0 radical (unpaired) electrons. The first kappa shape index (κ1) is 33.9. The Morgan fingerprint density at radius 1 is 0.838 bits per heavy atom. The fourth-order valence-electron chi connectivity index (χ4n) is 3.14. The molecule has 0 spiro atoms. The number of nitrogens with zero attached hydrogens (tertiary/aromatic N) is 1. The lowest BCUT2D eigenvalue weighted by Crippen LogP contribution is -2.57. The highest BCUT2D eigenvalue weighted by Gasteiger charge is 2.31. The van der Waals surface area contributed by atoms with Crippen LogP contribution in [0.25, 0.3) is 0 Å². The van der Waals surface area contributed by atoms with Gasteiger partial charge in [-0.2, -0.15) is 11.8 Å². The van der Waals surface area contributed by atoms with Crippen molar-refractivity contribution in [2.45, 2.75) is 69.1 Å². The molecule has 0 heterocycles. The number of aliphatic imine (C=N–C) groups is 1. The first-order valence-electron chi connectivity index (χ1n) is 11.8. The Labute approximate surface area is 220 Å². The topological polar surface area (TPSA) is 284 Å². The van der Waals surface area contributed by atoms with Crippen LogP contribution in [0.3, 0.4) is 0 Å². The van der Waals surface area contributed by atoms with Crippen LogP contribution in [0.2, 0.25) is 0 Å². The third kappa shape index (κ3) is 15.6. The molecule has 0 bridgehead atoms. The minimum atomic E-state index is -1.44. The second-order valence-electron chi connectivity index (χ2n) is 8.31. The number of thioether (sulfide) groups is 1. The minimum Gasteiger partial charge on any atom is -0.480 e. The number of amides is 4. The molecule has 0 fully saturated rings. The number of carbonyl (C=O) groups is 5. The van der Waals surface area contributed by atoms with Crippen molar-refractivity contribution in [3.05, 3.63) is 0 Å². The Kier molecular flexibility index (Phi) is 17.5. The highest BCUT2D eigenvalue weighted by Crippen LogP contribution is 2.06. The van der Waals surface area contributed by atoms with Crippen LogP contribution in [0.4, 0.5) is 0 Å². The molecular weight excluding hydrogens is 506 g/mol. The largest absolute Gasteiger partial charge is 0.480 e. The molecule has 0 aromatic heterocycles. The maximum atomic E-state index is 13.0. The van der Waals surface area contributed by atoms with E-state index < -0.39 is 60.2 Å². The number of carbonyl (C=O) groups excluding carboxylic acids is 4. The number of nitrogens with two attached hydrogens (primary N) is 5. The summed E-state index contributed by atoms with van der Waals surface area (Å²) in [5.41, 5.74) is 27.2. The number of hydrogen-bond acceptors (Lipinski definition) is 9. The lowest BCUT2D eigenvalue weighted by atomic mass is 10.1. The van der Waals surface area contributed by atoms with E-state index >= 15 is 0 Å². The Balaban J connectivity index is 5.42. The SMILES string of the molecule is CSCCC(NC(=O)C(CC(N)=O)NC(=O)C(CCCCN)NC(=O)C(N)CCCN=C(N)N)C(=O)O. The van der Waals surface area contributed by atoms with Crippen molar-refractivity contribution in [2.75, 3.05) is 25.1 Å². The van der Waals surface area contributed by atoms with Gasteiger partial charge in [0.15, 0.2) is 5.96 Å². The summed E-state index contributed by atoms with van der Waals surface area (Å²) in [6, 6.07) is -4.69. The molecule has 4 unspecified atom stereocenters. The summed E-state index contributed by atoms with van der Waals surface area (Å²) in [7, 11) is 0. The Bertz CT molecular complexity index is 794. The third-order valence-electron chi connectivity index (χ3n) is 5.15. The minimum absolute atomic E-state index is 0.0804. The summed E-state index contributed by atoms with van der Waals surface area (Å²) in [6.07, 6.45) is 3.27. The van der Waals surface area contributed by atoms with E-state index in [0.717, 1.165) is 0 Å². The van der Waals surface area contributed by atoms with E-state index in [1.807, 2.05) is 0 Å². The van der Waals surface area contributed by atoms with Crippen molar-refractivity contribution in [1.29, 1.82) is 0 Å². The second-order valence-corrected chi connectivity index (χ2v) is 9.30. The van der Waals surface area contributed by atoms with E-state index in [4.69, 9.17) is 28.7 Å². The number of aliphatic carboxylic acids is 1. The van der Waals surface area contributed by atoms with E-state index in [-0.39, 0.29) is 31.8 Å². The average Bonchev–Trinajstić information content (AvgIpc) is 2.82. The van der Waals surface area contributed by atoms with Crippen LogP contribution >= 0.6 is 11.8 Å². The lowest BCUT2D eigenvalue weighted by molar-refractivity contribution is -0.142. The smallest absolute Gasteiger partial charge is 0.326 e. The zero-order valence-electron chi connectivity index (χ0n) is 21.1. The van der Waals surface area contributed by atoms with E-state index in [2.05, 4.69) is 20.9 Å². The molecule has 0 aliphatic carbocycles. The molecule has 37 heavy (non-hydrogen) atoms. The van der Waals surface area contributed by atoms with Gasteiger partial charge < -0.3 is 49.7 Å². The standard InChI is InChI=1S/C21H41N9O6S/c1-37-10-7-14(20(35)36)29-19(34)15(11-16(24)31)30-18(33)13(6-2-3-8-22)28-17(32)12(23)5-4-9-27-21(25)26/h12-15H,2-11,22-23H2,1H3,(H2,24,31)(H,28,32)(H,29,34)(H,30,33)(H,35,36)(H4,25,26,27). The zero-order chi connectivity index (χ0) is 28.4. The van der Waals surface area contributed by atoms with Crippen LogP contribution in [0.15, 0.2) is 4.99 Å². The molecule has 0 aromatic carbocycles. The normalized spacial score (nSPS) is 13.9. The number of nitrogens with one attached hydrogen (secondary N) is 3. The molecule has 212 valence electrons. The van der Waals surface area contributed by atoms with Crippen molar-refractivity contribution in [3.63, 3.8) is 0 Å². The molecule has 14 N–H and O–H groups in total. The van der Waals surface area contributed by atoms with Gasteiger partial charge >= 0.3 is 5.97 Å². The quantitative estimate of drug-likeness (QED) is 0.0412. The van der Waals surface area contributed by atoms with Gasteiger partial charge in [0, 0.05) is 6.54 Å². The van der Waals surface area contributed by atoms with Gasteiger partial charge in [0.2, 0.25) is 23.6 Å². The van der Waals surface area contributed by atoms with Crippen LogP contribution in [0.1, 0.15) is 44.9 Å². The summed E-state index contributed by atoms with van der Waals surface area (Å²) in [5, 5.41) is 16.7. The highest BCUT2D eigenvalue weighted by molar-refractivity contribution is 7.98. The molecule has 0 rings (SSSR count). The first-order chi connectivity index (χ1) is 17.4. The summed E-state index contributed by atoms with van der Waals surface area (Å²) >= 11 is 1.40. The molecule has 4 atom stereocenters. The van der Waals surface area contributed by atoms with E-state index in [1.54, 1.807) is 6.26 Å². The predicted octanol–water partition coefficient (Wildman–Crippen LogP) is -3.34. The second kappa shape index (κ2) is 19.1. The van der Waals surface area contributed by atoms with Gasteiger partial charge in [0.25, 0.3) is 0 Å². The van der Waals surface area contributed by atoms with Gasteiger partial charge in [-0.1, -0.05) is 0 Å². The fraction of sp³-hybridized carbons (Fsp3) is 0.714. The molecule has 0 aromatic rings. The Morgan fingerprint density at radius 2 is 1.43 bits per heavy atom. The monoisotopic (exact) mass is 547 g/mol. The average molecular weight is 548 g/mol. The fourth-order valence-corrected chi connectivity index (χ4v) is 3.61. The van der Waals surface area contributed by atoms with E-state index in [9.17, 15) is 29.1 Å². The van der Waals surface area contributed by atoms with Gasteiger partial charge in [-0.25, -0.2) is 4.79 Å². The zero-order valence-corrected chi connectivity index (χ0v) is 21.9. The van der Waals surface area contributed by atoms with Crippen LogP contribution in [0.5, 0.6) is 0 Å². The number of hydrogen-bond donors (Lipinski definition) is 9. The summed E-state index contributed by atoms with van der Waals surface area (Å²) in [4.78, 5) is 65.2. The van der Waals surface area contributed by atoms with Gasteiger partial charge in [-0.05, 0) is 57.1 Å². The van der Waals surface area contributed by atoms with E-state index in [1.165, 1.54) is 11.8 Å². The van der Waals surface area contributed by atoms with Crippen LogP contribution < -0.4 is 44.6 Å². The molecular formula is C21H41N9O6S. The lowest BCUT2D eigenvalue weighted by Gasteiger charge is -2.25. The first-order valence-corrected chi connectivity index (χ1v) is 13.2. The summed E-state index contributed by atoms with van der Waals surface area (Å²) in [6.45, 7) is 0.647. The van der Waals surface area contributed by atoms with Crippen LogP contribution in [0, 0.1) is 0 Å².